The summed E-state index contributed by atoms with van der Waals surface area (Å²) in [5.74, 6) is -3.74. The number of rotatable bonds is 4. The maximum atomic E-state index is 12.9. The van der Waals surface area contributed by atoms with Gasteiger partial charge in [-0.05, 0) is 62.1 Å². The molecule has 1 aromatic carbocycles. The van der Waals surface area contributed by atoms with Gasteiger partial charge in [0, 0.05) is 4.90 Å². The number of allylic oxidation sites excluding steroid dienone is 2. The summed E-state index contributed by atoms with van der Waals surface area (Å²) in [4.78, 5) is 38.6. The molecule has 0 saturated carbocycles. The minimum Gasteiger partial charge on any atom is -0.468 e. The molecule has 3 unspecified atom stereocenters. The van der Waals surface area contributed by atoms with Crippen LogP contribution in [0, 0.1) is 37.0 Å². The smallest absolute Gasteiger partial charge is 0.323 e. The first-order valence-corrected chi connectivity index (χ1v) is 9.08. The van der Waals surface area contributed by atoms with Crippen LogP contribution in [0.3, 0.4) is 0 Å². The van der Waals surface area contributed by atoms with E-state index in [-0.39, 0.29) is 11.6 Å². The van der Waals surface area contributed by atoms with Gasteiger partial charge in [0.25, 0.3) is 0 Å². The lowest BCUT2D eigenvalue weighted by Crippen LogP contribution is -2.45. The number of ketones is 2. The van der Waals surface area contributed by atoms with Crippen LogP contribution in [0.5, 0.6) is 0 Å². The number of esters is 1. The number of hydrogen-bond donors (Lipinski definition) is 0. The average Bonchev–Trinajstić information content (AvgIpc) is 2.63. The van der Waals surface area contributed by atoms with Crippen LogP contribution in [-0.4, -0.2) is 29.9 Å². The van der Waals surface area contributed by atoms with E-state index in [4.69, 9.17) is 0 Å². The molecular formula is C20H21NO4S. The van der Waals surface area contributed by atoms with Gasteiger partial charge in [-0.25, -0.2) is 0 Å². The number of benzene rings is 1. The van der Waals surface area contributed by atoms with Gasteiger partial charge in [0.1, 0.15) is 0 Å². The van der Waals surface area contributed by atoms with Gasteiger partial charge in [-0.1, -0.05) is 6.07 Å². The van der Waals surface area contributed by atoms with Crippen LogP contribution in [-0.2, 0) is 19.1 Å². The van der Waals surface area contributed by atoms with Crippen molar-refractivity contribution < 1.29 is 19.1 Å². The highest BCUT2D eigenvalue weighted by atomic mass is 32.2. The normalized spacial score (nSPS) is 21.4. The predicted octanol–water partition coefficient (Wildman–Crippen LogP) is 3.18. The van der Waals surface area contributed by atoms with Gasteiger partial charge in [-0.2, -0.15) is 5.26 Å². The number of ether oxygens (including phenoxy) is 1. The summed E-state index contributed by atoms with van der Waals surface area (Å²) in [6, 6.07) is 7.62. The van der Waals surface area contributed by atoms with Gasteiger partial charge < -0.3 is 4.74 Å². The average molecular weight is 371 g/mol. The fourth-order valence-electron chi connectivity index (χ4n) is 2.93. The molecule has 1 aliphatic rings. The van der Waals surface area contributed by atoms with Crippen molar-refractivity contribution in [1.82, 2.24) is 0 Å². The van der Waals surface area contributed by atoms with Crippen LogP contribution in [0.1, 0.15) is 25.0 Å². The number of aryl methyl sites for hydroxylation is 2. The SMILES string of the molecule is COC(=O)C(C#N)C1C(=O)C(C)=C(C)C(=O)C1Sc1ccc(C)c(C)c1. The topological polar surface area (TPSA) is 84.2 Å². The third-order valence-electron chi connectivity index (χ3n) is 4.88. The summed E-state index contributed by atoms with van der Waals surface area (Å²) in [7, 11) is 1.17. The van der Waals surface area contributed by atoms with Gasteiger partial charge in [0.2, 0.25) is 0 Å². The third-order valence-corrected chi connectivity index (χ3v) is 6.17. The molecule has 0 spiro atoms. The van der Waals surface area contributed by atoms with Gasteiger partial charge in [0.15, 0.2) is 17.5 Å². The summed E-state index contributed by atoms with van der Waals surface area (Å²) >= 11 is 1.22. The van der Waals surface area contributed by atoms with Crippen molar-refractivity contribution in [2.75, 3.05) is 7.11 Å². The van der Waals surface area contributed by atoms with Crippen LogP contribution in [0.4, 0.5) is 0 Å². The fourth-order valence-corrected chi connectivity index (χ4v) is 4.32. The Labute approximate surface area is 157 Å². The molecule has 0 amide bonds. The Kier molecular flexibility index (Phi) is 6.04. The van der Waals surface area contributed by atoms with Crippen molar-refractivity contribution in [3.05, 3.63) is 40.5 Å². The van der Waals surface area contributed by atoms with E-state index < -0.39 is 23.1 Å². The highest BCUT2D eigenvalue weighted by molar-refractivity contribution is 8.00. The fraction of sp³-hybridized carbons (Fsp3) is 0.400. The molecule has 1 aliphatic carbocycles. The van der Waals surface area contributed by atoms with Crippen molar-refractivity contribution in [2.24, 2.45) is 11.8 Å². The van der Waals surface area contributed by atoms with Crippen molar-refractivity contribution >= 4 is 29.3 Å². The summed E-state index contributed by atoms with van der Waals surface area (Å²) in [6.45, 7) is 7.12. The quantitative estimate of drug-likeness (QED) is 0.756. The van der Waals surface area contributed by atoms with E-state index in [0.29, 0.717) is 11.1 Å². The highest BCUT2D eigenvalue weighted by Crippen LogP contribution is 2.40. The summed E-state index contributed by atoms with van der Waals surface area (Å²) < 4.78 is 4.69. The Morgan fingerprint density at radius 3 is 2.27 bits per heavy atom. The largest absolute Gasteiger partial charge is 0.468 e. The molecule has 0 heterocycles. The number of methoxy groups -OCH3 is 1. The van der Waals surface area contributed by atoms with Crippen LogP contribution in [0.2, 0.25) is 0 Å². The van der Waals surface area contributed by atoms with E-state index in [9.17, 15) is 19.6 Å². The molecule has 0 radical (unpaired) electrons. The van der Waals surface area contributed by atoms with Crippen molar-refractivity contribution in [3.63, 3.8) is 0 Å². The van der Waals surface area contributed by atoms with E-state index in [2.05, 4.69) is 4.74 Å². The van der Waals surface area contributed by atoms with E-state index in [0.717, 1.165) is 16.0 Å². The first-order chi connectivity index (χ1) is 12.2. The van der Waals surface area contributed by atoms with Crippen LogP contribution >= 0.6 is 11.8 Å². The van der Waals surface area contributed by atoms with Gasteiger partial charge in [-0.15, -0.1) is 11.8 Å². The summed E-state index contributed by atoms with van der Waals surface area (Å²) in [5.41, 5.74) is 2.87. The molecule has 0 fully saturated rings. The molecule has 0 saturated heterocycles. The molecule has 0 bridgehead atoms. The number of thioether (sulfide) groups is 1. The van der Waals surface area contributed by atoms with Crippen molar-refractivity contribution in [1.29, 1.82) is 5.26 Å². The Balaban J connectivity index is 2.51. The lowest BCUT2D eigenvalue weighted by atomic mass is 9.76. The van der Waals surface area contributed by atoms with Gasteiger partial charge >= 0.3 is 5.97 Å². The zero-order valence-electron chi connectivity index (χ0n) is 15.5. The van der Waals surface area contributed by atoms with Crippen molar-refractivity contribution in [2.45, 2.75) is 37.8 Å². The Morgan fingerprint density at radius 2 is 1.73 bits per heavy atom. The monoisotopic (exact) mass is 371 g/mol. The van der Waals surface area contributed by atoms with E-state index in [1.165, 1.54) is 18.9 Å². The Morgan fingerprint density at radius 1 is 1.12 bits per heavy atom. The highest BCUT2D eigenvalue weighted by Gasteiger charge is 2.48. The lowest BCUT2D eigenvalue weighted by Gasteiger charge is -2.31. The second-order valence-electron chi connectivity index (χ2n) is 6.42. The lowest BCUT2D eigenvalue weighted by molar-refractivity contribution is -0.147. The van der Waals surface area contributed by atoms with Crippen molar-refractivity contribution in [3.8, 4) is 6.07 Å². The molecule has 2 rings (SSSR count). The van der Waals surface area contributed by atoms with Gasteiger partial charge in [0.05, 0.1) is 24.3 Å². The number of carbonyl (C=O) groups excluding carboxylic acids is 3. The maximum Gasteiger partial charge on any atom is 0.323 e. The predicted molar refractivity (Wildman–Crippen MR) is 98.6 cm³/mol. The molecule has 0 aliphatic heterocycles. The minimum atomic E-state index is -1.32. The zero-order valence-corrected chi connectivity index (χ0v) is 16.3. The van der Waals surface area contributed by atoms with Gasteiger partial charge in [-0.3, -0.25) is 14.4 Å². The van der Waals surface area contributed by atoms with E-state index in [1.54, 1.807) is 13.8 Å². The summed E-state index contributed by atoms with van der Waals surface area (Å²) in [6.07, 6.45) is 0. The third kappa shape index (κ3) is 3.58. The maximum absolute atomic E-state index is 12.9. The second kappa shape index (κ2) is 7.88. The molecule has 26 heavy (non-hydrogen) atoms. The van der Waals surface area contributed by atoms with Crippen LogP contribution < -0.4 is 0 Å². The first kappa shape index (κ1) is 19.9. The molecule has 5 nitrogen and oxygen atoms in total. The van der Waals surface area contributed by atoms with E-state index in [1.807, 2.05) is 38.1 Å². The van der Waals surface area contributed by atoms with E-state index >= 15 is 0 Å². The first-order valence-electron chi connectivity index (χ1n) is 8.20. The second-order valence-corrected chi connectivity index (χ2v) is 7.63. The standard InChI is InChI=1S/C20H21NO4S/c1-10-6-7-14(8-11(10)2)26-19-16(15(9-21)20(24)25-5)17(22)12(3)13(4)18(19)23/h6-8,15-16,19H,1-5H3. The zero-order chi connectivity index (χ0) is 19.6. The minimum absolute atomic E-state index is 0.223. The molecular weight excluding hydrogens is 350 g/mol. The molecule has 6 heteroatoms. The number of nitrogens with zero attached hydrogens (tertiary/aromatic N) is 1. The molecule has 0 aromatic heterocycles. The number of hydrogen-bond acceptors (Lipinski definition) is 6. The number of nitriles is 1. The summed E-state index contributed by atoms with van der Waals surface area (Å²) in [5, 5.41) is 8.62. The Hall–Kier alpha value is -2.39. The van der Waals surface area contributed by atoms with Crippen LogP contribution in [0.15, 0.2) is 34.2 Å². The number of carbonyl (C=O) groups is 3. The number of Topliss-reactive ketones (excluding diaryl/α,β-unsaturated/α-hetero) is 2. The molecule has 0 N–H and O–H groups in total. The Bertz CT molecular complexity index is 850. The van der Waals surface area contributed by atoms with Crippen LogP contribution in [0.25, 0.3) is 0 Å². The molecule has 136 valence electrons. The molecule has 3 atom stereocenters. The molecule has 1 aromatic rings.